The monoisotopic (exact) mass is 388 g/mol. The summed E-state index contributed by atoms with van der Waals surface area (Å²) >= 11 is 5.90. The Balaban J connectivity index is 2.07. The quantitative estimate of drug-likeness (QED) is 0.846. The molecule has 0 radical (unpaired) electrons. The number of hydrogen-bond acceptors (Lipinski definition) is 4. The van der Waals surface area contributed by atoms with Crippen molar-refractivity contribution in [2.45, 2.75) is 17.9 Å². The van der Waals surface area contributed by atoms with Crippen LogP contribution < -0.4 is 14.8 Å². The molecule has 132 valence electrons. The summed E-state index contributed by atoms with van der Waals surface area (Å²) in [7, 11) is -4.33. The van der Waals surface area contributed by atoms with E-state index in [1.165, 1.54) is 13.0 Å². The Hall–Kier alpha value is -2.39. The highest BCUT2D eigenvalue weighted by molar-refractivity contribution is 7.92. The van der Waals surface area contributed by atoms with Crippen LogP contribution in [0.3, 0.4) is 0 Å². The minimum atomic E-state index is -4.33. The van der Waals surface area contributed by atoms with E-state index >= 15 is 0 Å². The van der Waals surface area contributed by atoms with Crippen molar-refractivity contribution in [1.82, 2.24) is 0 Å². The molecule has 0 aromatic heterocycles. The Bertz CT molecular complexity index is 982. The Labute approximate surface area is 146 Å². The van der Waals surface area contributed by atoms with Crippen molar-refractivity contribution in [2.75, 3.05) is 10.0 Å². The molecular weight excluding hydrogens is 378 g/mol. The Morgan fingerprint density at radius 3 is 2.64 bits per heavy atom. The summed E-state index contributed by atoms with van der Waals surface area (Å²) in [5.74, 6) is -2.51. The van der Waals surface area contributed by atoms with E-state index in [1.807, 2.05) is 4.72 Å². The first-order valence-electron chi connectivity index (χ1n) is 6.96. The second-order valence-electron chi connectivity index (χ2n) is 5.26. The van der Waals surface area contributed by atoms with E-state index in [9.17, 15) is 22.0 Å². The lowest BCUT2D eigenvalue weighted by Crippen LogP contribution is -2.35. The molecule has 0 saturated carbocycles. The van der Waals surface area contributed by atoms with Gasteiger partial charge in [0.15, 0.2) is 11.9 Å². The predicted octanol–water partition coefficient (Wildman–Crippen LogP) is 3.14. The van der Waals surface area contributed by atoms with Crippen LogP contribution in [0.15, 0.2) is 35.2 Å². The summed E-state index contributed by atoms with van der Waals surface area (Å²) in [6, 6.07) is 4.84. The van der Waals surface area contributed by atoms with E-state index in [0.29, 0.717) is 6.07 Å². The van der Waals surface area contributed by atoms with E-state index < -0.39 is 39.4 Å². The Morgan fingerprint density at radius 1 is 1.24 bits per heavy atom. The van der Waals surface area contributed by atoms with Crippen LogP contribution in [-0.2, 0) is 14.8 Å². The highest BCUT2D eigenvalue weighted by Gasteiger charge is 2.31. The first-order chi connectivity index (χ1) is 11.7. The lowest BCUT2D eigenvalue weighted by Gasteiger charge is -2.25. The number of carbonyl (C=O) groups excluding carboxylic acids is 1. The number of carbonyl (C=O) groups is 1. The Kier molecular flexibility index (Phi) is 4.29. The molecule has 10 heteroatoms. The largest absolute Gasteiger partial charge is 0.477 e. The lowest BCUT2D eigenvalue weighted by molar-refractivity contribution is -0.122. The molecule has 1 aliphatic rings. The van der Waals surface area contributed by atoms with Crippen molar-refractivity contribution >= 4 is 38.9 Å². The number of hydrogen-bond donors (Lipinski definition) is 2. The number of sulfonamides is 1. The van der Waals surface area contributed by atoms with Crippen LogP contribution in [0, 0.1) is 11.6 Å². The number of rotatable bonds is 3. The summed E-state index contributed by atoms with van der Waals surface area (Å²) < 4.78 is 59.3. The van der Waals surface area contributed by atoms with Gasteiger partial charge in [0, 0.05) is 11.1 Å². The third kappa shape index (κ3) is 3.38. The fourth-order valence-corrected chi connectivity index (χ4v) is 3.75. The van der Waals surface area contributed by atoms with Gasteiger partial charge < -0.3 is 10.1 Å². The minimum Gasteiger partial charge on any atom is -0.477 e. The first-order valence-corrected chi connectivity index (χ1v) is 8.82. The molecule has 2 aromatic rings. The lowest BCUT2D eigenvalue weighted by atomic mass is 10.2. The van der Waals surface area contributed by atoms with E-state index in [4.69, 9.17) is 16.3 Å². The number of benzene rings is 2. The van der Waals surface area contributed by atoms with Gasteiger partial charge in [-0.2, -0.15) is 0 Å². The minimum absolute atomic E-state index is 0.0251. The number of amides is 1. The third-order valence-electron chi connectivity index (χ3n) is 3.41. The molecule has 1 heterocycles. The Morgan fingerprint density at radius 2 is 1.96 bits per heavy atom. The van der Waals surface area contributed by atoms with Crippen molar-refractivity contribution < 1.29 is 26.7 Å². The highest BCUT2D eigenvalue weighted by atomic mass is 35.5. The fourth-order valence-electron chi connectivity index (χ4n) is 2.22. The molecule has 2 aromatic carbocycles. The highest BCUT2D eigenvalue weighted by Crippen LogP contribution is 2.39. The maximum Gasteiger partial charge on any atom is 0.265 e. The van der Waals surface area contributed by atoms with Crippen molar-refractivity contribution in [3.05, 3.63) is 47.0 Å². The van der Waals surface area contributed by atoms with Crippen molar-refractivity contribution in [3.63, 3.8) is 0 Å². The molecule has 0 bridgehead atoms. The van der Waals surface area contributed by atoms with Crippen LogP contribution in [0.25, 0.3) is 0 Å². The van der Waals surface area contributed by atoms with Gasteiger partial charge in [-0.3, -0.25) is 9.52 Å². The predicted molar refractivity (Wildman–Crippen MR) is 87.3 cm³/mol. The van der Waals surface area contributed by atoms with E-state index in [2.05, 4.69) is 5.32 Å². The molecule has 2 N–H and O–H groups in total. The van der Waals surface area contributed by atoms with Crippen LogP contribution in [0.2, 0.25) is 5.02 Å². The van der Waals surface area contributed by atoms with Gasteiger partial charge in [-0.05, 0) is 31.2 Å². The van der Waals surface area contributed by atoms with Crippen molar-refractivity contribution in [1.29, 1.82) is 0 Å². The summed E-state index contributed by atoms with van der Waals surface area (Å²) in [4.78, 5) is 11.3. The zero-order valence-electron chi connectivity index (χ0n) is 12.6. The van der Waals surface area contributed by atoms with Crippen LogP contribution in [0.1, 0.15) is 6.92 Å². The number of halogens is 3. The first kappa shape index (κ1) is 17.4. The van der Waals surface area contributed by atoms with Crippen LogP contribution in [0.5, 0.6) is 5.75 Å². The molecule has 1 aliphatic heterocycles. The SMILES string of the molecule is CC1Oc2c(cc(Cl)cc2S(=O)(=O)Nc2ccc(F)cc2F)NC1=O. The van der Waals surface area contributed by atoms with Crippen LogP contribution >= 0.6 is 11.6 Å². The molecule has 0 aliphatic carbocycles. The molecule has 0 saturated heterocycles. The average Bonchev–Trinajstić information content (AvgIpc) is 2.51. The van der Waals surface area contributed by atoms with Gasteiger partial charge in [0.2, 0.25) is 0 Å². The van der Waals surface area contributed by atoms with E-state index in [0.717, 1.165) is 18.2 Å². The summed E-state index contributed by atoms with van der Waals surface area (Å²) in [6.07, 6.45) is -0.926. The molecule has 1 atom stereocenters. The fraction of sp³-hybridized carbons (Fsp3) is 0.133. The van der Waals surface area contributed by atoms with E-state index in [1.54, 1.807) is 0 Å². The average molecular weight is 389 g/mol. The van der Waals surface area contributed by atoms with Gasteiger partial charge in [-0.15, -0.1) is 0 Å². The van der Waals surface area contributed by atoms with Crippen LogP contribution in [0.4, 0.5) is 20.2 Å². The van der Waals surface area contributed by atoms with Gasteiger partial charge in [0.1, 0.15) is 16.5 Å². The summed E-state index contributed by atoms with van der Waals surface area (Å²) in [5, 5.41) is 2.51. The van der Waals surface area contributed by atoms with Crippen molar-refractivity contribution in [3.8, 4) is 5.75 Å². The molecule has 0 fully saturated rings. The molecule has 1 unspecified atom stereocenters. The molecule has 1 amide bonds. The molecule has 25 heavy (non-hydrogen) atoms. The van der Waals surface area contributed by atoms with Gasteiger partial charge in [0.05, 0.1) is 11.4 Å². The summed E-state index contributed by atoms with van der Waals surface area (Å²) in [6.45, 7) is 1.44. The second-order valence-corrected chi connectivity index (χ2v) is 7.35. The van der Waals surface area contributed by atoms with Crippen molar-refractivity contribution in [2.24, 2.45) is 0 Å². The number of fused-ring (bicyclic) bond motifs is 1. The van der Waals surface area contributed by atoms with Gasteiger partial charge in [0.25, 0.3) is 15.9 Å². The smallest absolute Gasteiger partial charge is 0.265 e. The van der Waals surface area contributed by atoms with E-state index in [-0.39, 0.29) is 21.4 Å². The van der Waals surface area contributed by atoms with Gasteiger partial charge in [-0.1, -0.05) is 11.6 Å². The zero-order chi connectivity index (χ0) is 18.4. The number of ether oxygens (including phenoxy) is 1. The maximum absolute atomic E-state index is 13.7. The molecular formula is C15H11ClF2N2O4S. The molecule has 0 spiro atoms. The van der Waals surface area contributed by atoms with Gasteiger partial charge in [-0.25, -0.2) is 17.2 Å². The maximum atomic E-state index is 13.7. The third-order valence-corrected chi connectivity index (χ3v) is 5.00. The molecule has 3 rings (SSSR count). The summed E-state index contributed by atoms with van der Waals surface area (Å²) in [5.41, 5.74) is -0.362. The zero-order valence-corrected chi connectivity index (χ0v) is 14.2. The normalized spacial score (nSPS) is 16.6. The number of nitrogens with one attached hydrogen (secondary N) is 2. The van der Waals surface area contributed by atoms with Crippen LogP contribution in [-0.4, -0.2) is 20.4 Å². The number of anilines is 2. The molecule has 6 nitrogen and oxygen atoms in total. The van der Waals surface area contributed by atoms with Gasteiger partial charge >= 0.3 is 0 Å². The standard InChI is InChI=1S/C15H11ClF2N2O4S/c1-7-15(21)19-12-4-8(16)5-13(14(12)24-7)25(22,23)20-11-3-2-9(17)6-10(11)18/h2-7,20H,1H3,(H,19,21). The second kappa shape index (κ2) is 6.16. The topological polar surface area (TPSA) is 84.5 Å².